The summed E-state index contributed by atoms with van der Waals surface area (Å²) in [5.74, 6) is -2.46. The van der Waals surface area contributed by atoms with E-state index in [9.17, 15) is 19.2 Å². The van der Waals surface area contributed by atoms with Gasteiger partial charge in [-0.05, 0) is 42.7 Å². The lowest BCUT2D eigenvalue weighted by Gasteiger charge is -2.31. The molecule has 16 heteroatoms. The second-order valence-corrected chi connectivity index (χ2v) is 12.2. The summed E-state index contributed by atoms with van der Waals surface area (Å²) in [6.45, 7) is 4.18. The topological polar surface area (TPSA) is 286 Å². The summed E-state index contributed by atoms with van der Waals surface area (Å²) >= 11 is 0. The highest BCUT2D eigenvalue weighted by molar-refractivity contribution is 5.95. The predicted octanol–water partition coefficient (Wildman–Crippen LogP) is -0.611. The molecule has 0 radical (unpaired) electrons. The molecule has 0 saturated heterocycles. The number of nitrogens with zero attached hydrogens (tertiary/aromatic N) is 3. The van der Waals surface area contributed by atoms with Crippen LogP contribution in [0.25, 0.3) is 0 Å². The van der Waals surface area contributed by atoms with Gasteiger partial charge < -0.3 is 49.5 Å². The summed E-state index contributed by atoms with van der Waals surface area (Å²) in [6.07, 6.45) is 1.30. The van der Waals surface area contributed by atoms with E-state index in [1.165, 1.54) is 4.90 Å². The van der Waals surface area contributed by atoms with E-state index in [2.05, 4.69) is 25.9 Å². The third kappa shape index (κ3) is 14.2. The maximum atomic E-state index is 13.8. The van der Waals surface area contributed by atoms with E-state index in [1.807, 2.05) is 30.3 Å². The van der Waals surface area contributed by atoms with Gasteiger partial charge in [-0.3, -0.25) is 34.6 Å². The number of hydrogen-bond acceptors (Lipinski definition) is 7. The van der Waals surface area contributed by atoms with Gasteiger partial charge in [-0.2, -0.15) is 0 Å². The van der Waals surface area contributed by atoms with Crippen molar-refractivity contribution in [2.45, 2.75) is 70.6 Å². The third-order valence-electron chi connectivity index (χ3n) is 7.85. The van der Waals surface area contributed by atoms with E-state index in [4.69, 9.17) is 34.1 Å². The van der Waals surface area contributed by atoms with Gasteiger partial charge in [0, 0.05) is 32.2 Å². The zero-order chi connectivity index (χ0) is 37.2. The molecule has 0 aliphatic rings. The van der Waals surface area contributed by atoms with Gasteiger partial charge in [0.1, 0.15) is 24.0 Å². The van der Waals surface area contributed by atoms with Gasteiger partial charge in [-0.25, -0.2) is 0 Å². The second-order valence-electron chi connectivity index (χ2n) is 12.2. The van der Waals surface area contributed by atoms with Gasteiger partial charge in [-0.15, -0.1) is 0 Å². The first-order valence-corrected chi connectivity index (χ1v) is 16.4. The van der Waals surface area contributed by atoms with E-state index < -0.39 is 35.8 Å². The van der Waals surface area contributed by atoms with E-state index in [0.717, 1.165) is 11.1 Å². The maximum absolute atomic E-state index is 13.8. The number of nitrogen functional groups attached to an aromatic ring is 1. The first-order valence-electron chi connectivity index (χ1n) is 16.4. The molecular formula is C34H52N12O4. The molecule has 0 unspecified atom stereocenters. The van der Waals surface area contributed by atoms with Crippen LogP contribution in [0.2, 0.25) is 0 Å². The Balaban J connectivity index is 2.22. The second kappa shape index (κ2) is 20.6. The molecule has 3 atom stereocenters. The highest BCUT2D eigenvalue weighted by Gasteiger charge is 2.33. The maximum Gasteiger partial charge on any atom is 0.243 e. The van der Waals surface area contributed by atoms with Crippen molar-refractivity contribution < 1.29 is 19.2 Å². The molecule has 0 bridgehead atoms. The third-order valence-corrected chi connectivity index (χ3v) is 7.85. The van der Waals surface area contributed by atoms with Crippen molar-refractivity contribution in [1.82, 2.24) is 20.9 Å². The molecule has 0 fully saturated rings. The largest absolute Gasteiger partial charge is 0.384 e. The summed E-state index contributed by atoms with van der Waals surface area (Å²) in [5, 5.41) is 16.0. The van der Waals surface area contributed by atoms with Crippen LogP contribution in [0.4, 0.5) is 0 Å². The number of amidine groups is 1. The molecule has 4 amide bonds. The number of nitrogens with one attached hydrogen (secondary N) is 4. The average molecular weight is 693 g/mol. The fourth-order valence-electron chi connectivity index (χ4n) is 5.00. The number of rotatable bonds is 20. The van der Waals surface area contributed by atoms with Gasteiger partial charge in [0.25, 0.3) is 0 Å². The van der Waals surface area contributed by atoms with Crippen molar-refractivity contribution in [2.75, 3.05) is 20.1 Å². The van der Waals surface area contributed by atoms with E-state index in [1.54, 1.807) is 45.2 Å². The molecular weight excluding hydrogens is 640 g/mol. The molecule has 0 aromatic heterocycles. The van der Waals surface area contributed by atoms with Gasteiger partial charge in [0.2, 0.25) is 23.6 Å². The monoisotopic (exact) mass is 692 g/mol. The highest BCUT2D eigenvalue weighted by atomic mass is 16.2. The number of hydrogen-bond donors (Lipinski definition) is 9. The Hall–Kier alpha value is -5.67. The Bertz CT molecular complexity index is 1490. The molecule has 50 heavy (non-hydrogen) atoms. The first kappa shape index (κ1) is 40.5. The van der Waals surface area contributed by atoms with Crippen LogP contribution in [0.15, 0.2) is 64.6 Å². The molecule has 0 spiro atoms. The summed E-state index contributed by atoms with van der Waals surface area (Å²) in [4.78, 5) is 63.5. The molecule has 2 aromatic carbocycles. The Labute approximate surface area is 293 Å². The van der Waals surface area contributed by atoms with Crippen molar-refractivity contribution in [3.63, 3.8) is 0 Å². The molecule has 0 aliphatic carbocycles. The van der Waals surface area contributed by atoms with Crippen LogP contribution in [0.5, 0.6) is 0 Å². The lowest BCUT2D eigenvalue weighted by atomic mass is 10.0. The molecule has 2 rings (SSSR count). The van der Waals surface area contributed by atoms with Crippen LogP contribution < -0.4 is 44.6 Å². The quantitative estimate of drug-likeness (QED) is 0.0485. The Kier molecular flexibility index (Phi) is 16.7. The minimum Gasteiger partial charge on any atom is -0.384 e. The van der Waals surface area contributed by atoms with Gasteiger partial charge in [0.15, 0.2) is 11.9 Å². The zero-order valence-corrected chi connectivity index (χ0v) is 29.0. The summed E-state index contributed by atoms with van der Waals surface area (Å²) in [5.41, 5.74) is 29.4. The van der Waals surface area contributed by atoms with Crippen molar-refractivity contribution >= 4 is 41.4 Å². The smallest absolute Gasteiger partial charge is 0.243 e. The van der Waals surface area contributed by atoms with Gasteiger partial charge >= 0.3 is 0 Å². The standard InChI is InChI=1S/C34H52N12O4/c1-21(2)28(45-31(49)26(12-8-18-42-34(39)40)46(3)27(47)19-22-9-5-4-6-10-22)32(50)44-25(11-7-17-41-33(37)38)30(48)43-20-23-13-15-24(16-14-23)29(35)36/h4-6,9-10,13-16,21,25-26,28H,7-8,11-12,17-20H2,1-3H3,(H3,35,36)(H,43,48)(H,44,50)(H,45,49)(H4,37,38,41)(H4,39,40,42)/t25-,26-,28-/m0/s1. The number of benzene rings is 2. The molecule has 0 aliphatic heterocycles. The van der Waals surface area contributed by atoms with Crippen LogP contribution >= 0.6 is 0 Å². The SMILES string of the molecule is CC(C)[C@H](NC(=O)[C@H](CCCN=C(N)N)N(C)C(=O)Cc1ccccc1)C(=O)N[C@@H](CCCN=C(N)N)C(=O)NCc1ccc(C(=N)N)cc1. The van der Waals surface area contributed by atoms with Crippen molar-refractivity contribution in [3.8, 4) is 0 Å². The number of guanidine groups is 2. The molecule has 2 aromatic rings. The molecule has 0 heterocycles. The highest BCUT2D eigenvalue weighted by Crippen LogP contribution is 2.13. The van der Waals surface area contributed by atoms with Crippen molar-refractivity contribution in [2.24, 2.45) is 44.6 Å². The van der Waals surface area contributed by atoms with Crippen LogP contribution in [0, 0.1) is 11.3 Å². The molecule has 272 valence electrons. The number of carbonyl (C=O) groups is 4. The summed E-state index contributed by atoms with van der Waals surface area (Å²) in [7, 11) is 1.55. The Morgan fingerprint density at radius 2 is 1.34 bits per heavy atom. The fraction of sp³-hybridized carbons (Fsp3) is 0.441. The Morgan fingerprint density at radius 3 is 1.88 bits per heavy atom. The first-order chi connectivity index (χ1) is 23.7. The van der Waals surface area contributed by atoms with E-state index in [-0.39, 0.29) is 68.5 Å². The van der Waals surface area contributed by atoms with Crippen LogP contribution in [-0.2, 0) is 32.1 Å². The molecule has 14 N–H and O–H groups in total. The minimum absolute atomic E-state index is 0.0707. The zero-order valence-electron chi connectivity index (χ0n) is 29.0. The number of amides is 4. The van der Waals surface area contributed by atoms with E-state index in [0.29, 0.717) is 18.4 Å². The average Bonchev–Trinajstić information content (AvgIpc) is 3.07. The van der Waals surface area contributed by atoms with Crippen molar-refractivity contribution in [1.29, 1.82) is 5.41 Å². The van der Waals surface area contributed by atoms with E-state index >= 15 is 0 Å². The van der Waals surface area contributed by atoms with Gasteiger partial charge in [-0.1, -0.05) is 68.4 Å². The van der Waals surface area contributed by atoms with Gasteiger partial charge in [0.05, 0.1) is 6.42 Å². The minimum atomic E-state index is -1.03. The van der Waals surface area contributed by atoms with Crippen LogP contribution in [0.3, 0.4) is 0 Å². The summed E-state index contributed by atoms with van der Waals surface area (Å²) in [6, 6.07) is 13.1. The van der Waals surface area contributed by atoms with Crippen LogP contribution in [-0.4, -0.2) is 84.5 Å². The number of likely N-dealkylation sites (N-methyl/N-ethyl adjacent to an activating group) is 1. The normalized spacial score (nSPS) is 12.5. The van der Waals surface area contributed by atoms with Crippen LogP contribution in [0.1, 0.15) is 56.2 Å². The number of carbonyl (C=O) groups excluding carboxylic acids is 4. The Morgan fingerprint density at radius 1 is 0.760 bits per heavy atom. The predicted molar refractivity (Wildman–Crippen MR) is 195 cm³/mol. The van der Waals surface area contributed by atoms with Crippen molar-refractivity contribution in [3.05, 3.63) is 71.3 Å². The fourth-order valence-corrected chi connectivity index (χ4v) is 5.00. The molecule has 0 saturated carbocycles. The number of aliphatic imine (C=N–C) groups is 2. The molecule has 16 nitrogen and oxygen atoms in total. The number of nitrogens with two attached hydrogens (primary N) is 5. The summed E-state index contributed by atoms with van der Waals surface area (Å²) < 4.78 is 0. The lowest BCUT2D eigenvalue weighted by molar-refractivity contribution is -0.140. The lowest BCUT2D eigenvalue weighted by Crippen LogP contribution is -2.58.